The summed E-state index contributed by atoms with van der Waals surface area (Å²) in [7, 11) is 0. The maximum atomic E-state index is 12.8. The lowest BCUT2D eigenvalue weighted by Crippen LogP contribution is -2.55. The van der Waals surface area contributed by atoms with Crippen LogP contribution < -0.4 is 5.56 Å². The lowest BCUT2D eigenvalue weighted by molar-refractivity contribution is 0.0329. The zero-order valence-corrected chi connectivity index (χ0v) is 11.0. The molecule has 3 aliphatic heterocycles. The zero-order chi connectivity index (χ0) is 12.9. The number of nitrogens with zero attached hydrogens (tertiary/aromatic N) is 2. The van der Waals surface area contributed by atoms with Crippen LogP contribution in [0.5, 0.6) is 0 Å². The molecule has 0 amide bonds. The third kappa shape index (κ3) is 1.58. The van der Waals surface area contributed by atoms with E-state index >= 15 is 0 Å². The molecule has 3 heteroatoms. The SMILES string of the molecule is O=c1c2ccccc2ccn1C12CCN(CC1)CC2. The Hall–Kier alpha value is -1.61. The summed E-state index contributed by atoms with van der Waals surface area (Å²) < 4.78 is 2.03. The Morgan fingerprint density at radius 2 is 1.63 bits per heavy atom. The van der Waals surface area contributed by atoms with Gasteiger partial charge in [0.25, 0.3) is 5.56 Å². The van der Waals surface area contributed by atoms with E-state index in [4.69, 9.17) is 0 Å². The summed E-state index contributed by atoms with van der Waals surface area (Å²) in [6.45, 7) is 3.41. The Labute approximate surface area is 112 Å². The Bertz CT molecular complexity index is 667. The summed E-state index contributed by atoms with van der Waals surface area (Å²) in [6.07, 6.45) is 5.37. The van der Waals surface area contributed by atoms with Gasteiger partial charge < -0.3 is 9.47 Å². The van der Waals surface area contributed by atoms with Gasteiger partial charge >= 0.3 is 0 Å². The van der Waals surface area contributed by atoms with Gasteiger partial charge in [-0.2, -0.15) is 0 Å². The molecule has 3 nitrogen and oxygen atoms in total. The largest absolute Gasteiger partial charge is 0.309 e. The molecule has 0 radical (unpaired) electrons. The number of benzene rings is 1. The second-order valence-corrected chi connectivity index (χ2v) is 5.89. The molecule has 0 N–H and O–H groups in total. The van der Waals surface area contributed by atoms with Gasteiger partial charge in [0.15, 0.2) is 0 Å². The highest BCUT2D eigenvalue weighted by Crippen LogP contribution is 2.37. The fourth-order valence-electron chi connectivity index (χ4n) is 3.73. The molecule has 0 spiro atoms. The average Bonchev–Trinajstić information content (AvgIpc) is 2.49. The van der Waals surface area contributed by atoms with E-state index < -0.39 is 0 Å². The highest BCUT2D eigenvalue weighted by Gasteiger charge is 2.41. The molecule has 98 valence electrons. The fourth-order valence-corrected chi connectivity index (χ4v) is 3.73. The number of aromatic nitrogens is 1. The summed E-state index contributed by atoms with van der Waals surface area (Å²) in [5.74, 6) is 0. The lowest BCUT2D eigenvalue weighted by atomic mass is 9.79. The molecule has 0 saturated carbocycles. The second kappa shape index (κ2) is 3.94. The van der Waals surface area contributed by atoms with E-state index in [1.165, 1.54) is 0 Å². The third-order valence-corrected chi connectivity index (χ3v) is 5.00. The Balaban J connectivity index is 1.91. The van der Waals surface area contributed by atoms with E-state index in [2.05, 4.69) is 11.0 Å². The maximum absolute atomic E-state index is 12.8. The van der Waals surface area contributed by atoms with Crippen molar-refractivity contribution in [3.05, 3.63) is 46.9 Å². The predicted octanol–water partition coefficient (Wildman–Crippen LogP) is 2.20. The van der Waals surface area contributed by atoms with Crippen molar-refractivity contribution in [2.75, 3.05) is 19.6 Å². The third-order valence-electron chi connectivity index (χ3n) is 5.00. The van der Waals surface area contributed by atoms with Crippen molar-refractivity contribution < 1.29 is 0 Å². The number of hydrogen-bond acceptors (Lipinski definition) is 2. The molecule has 3 fully saturated rings. The molecular formula is C16H18N2O. The van der Waals surface area contributed by atoms with Crippen LogP contribution >= 0.6 is 0 Å². The molecule has 1 aromatic heterocycles. The monoisotopic (exact) mass is 254 g/mol. The number of hydrogen-bond donors (Lipinski definition) is 0. The maximum Gasteiger partial charge on any atom is 0.258 e. The van der Waals surface area contributed by atoms with Crippen LogP contribution in [-0.4, -0.2) is 29.1 Å². The summed E-state index contributed by atoms with van der Waals surface area (Å²) in [4.78, 5) is 15.3. The molecule has 0 unspecified atom stereocenters. The highest BCUT2D eigenvalue weighted by atomic mass is 16.1. The van der Waals surface area contributed by atoms with Crippen molar-refractivity contribution in [2.45, 2.75) is 24.8 Å². The molecule has 0 aliphatic carbocycles. The molecular weight excluding hydrogens is 236 g/mol. The predicted molar refractivity (Wildman–Crippen MR) is 76.5 cm³/mol. The fraction of sp³-hybridized carbons (Fsp3) is 0.438. The van der Waals surface area contributed by atoms with Crippen molar-refractivity contribution in [3.63, 3.8) is 0 Å². The van der Waals surface area contributed by atoms with Gasteiger partial charge in [-0.15, -0.1) is 0 Å². The van der Waals surface area contributed by atoms with E-state index in [9.17, 15) is 4.79 Å². The van der Waals surface area contributed by atoms with Crippen LogP contribution in [0.15, 0.2) is 41.3 Å². The van der Waals surface area contributed by atoms with Gasteiger partial charge in [0, 0.05) is 31.2 Å². The Kier molecular flexibility index (Phi) is 2.33. The molecule has 1 aromatic carbocycles. The van der Waals surface area contributed by atoms with Crippen molar-refractivity contribution in [2.24, 2.45) is 0 Å². The topological polar surface area (TPSA) is 25.2 Å². The smallest absolute Gasteiger partial charge is 0.258 e. The van der Waals surface area contributed by atoms with E-state index in [1.807, 2.05) is 35.0 Å². The van der Waals surface area contributed by atoms with Crippen LogP contribution in [0.2, 0.25) is 0 Å². The molecule has 5 rings (SSSR count). The van der Waals surface area contributed by atoms with Gasteiger partial charge in [-0.1, -0.05) is 18.2 Å². The first-order chi connectivity index (χ1) is 9.28. The number of pyridine rings is 1. The second-order valence-electron chi connectivity index (χ2n) is 5.89. The van der Waals surface area contributed by atoms with Crippen LogP contribution in [0.3, 0.4) is 0 Å². The van der Waals surface area contributed by atoms with Crippen LogP contribution in [0.25, 0.3) is 10.8 Å². The molecule has 0 atom stereocenters. The summed E-state index contributed by atoms with van der Waals surface area (Å²) in [5, 5.41) is 1.90. The normalized spacial score (nSPS) is 29.8. The molecule has 2 bridgehead atoms. The Morgan fingerprint density at radius 3 is 2.37 bits per heavy atom. The van der Waals surface area contributed by atoms with Gasteiger partial charge in [0.2, 0.25) is 0 Å². The van der Waals surface area contributed by atoms with Crippen LogP contribution in [0, 0.1) is 0 Å². The number of rotatable bonds is 1. The van der Waals surface area contributed by atoms with Gasteiger partial charge in [-0.25, -0.2) is 0 Å². The van der Waals surface area contributed by atoms with Crippen LogP contribution in [0.1, 0.15) is 19.3 Å². The Morgan fingerprint density at radius 1 is 0.947 bits per heavy atom. The highest BCUT2D eigenvalue weighted by molar-refractivity contribution is 5.81. The van der Waals surface area contributed by atoms with Crippen LogP contribution in [-0.2, 0) is 5.54 Å². The first kappa shape index (κ1) is 11.2. The minimum absolute atomic E-state index is 0.0792. The molecule has 2 aromatic rings. The lowest BCUT2D eigenvalue weighted by Gasteiger charge is -2.49. The quantitative estimate of drug-likeness (QED) is 0.779. The first-order valence-electron chi connectivity index (χ1n) is 7.12. The summed E-state index contributed by atoms with van der Waals surface area (Å²) in [5.41, 5.74) is 0.268. The standard InChI is InChI=1S/C16H18N2O/c19-15-14-4-2-1-3-13(14)5-9-18(15)16-6-10-17(11-7-16)12-8-16/h1-5,9H,6-8,10-12H2. The van der Waals surface area contributed by atoms with Crippen molar-refractivity contribution in [1.29, 1.82) is 0 Å². The van der Waals surface area contributed by atoms with E-state index in [-0.39, 0.29) is 11.1 Å². The summed E-state index contributed by atoms with van der Waals surface area (Å²) >= 11 is 0. The van der Waals surface area contributed by atoms with E-state index in [0.29, 0.717) is 0 Å². The average molecular weight is 254 g/mol. The number of fused-ring (bicyclic) bond motifs is 4. The van der Waals surface area contributed by atoms with Crippen molar-refractivity contribution >= 4 is 10.8 Å². The van der Waals surface area contributed by atoms with Gasteiger partial charge in [-0.3, -0.25) is 4.79 Å². The number of piperidine rings is 3. The van der Waals surface area contributed by atoms with Crippen molar-refractivity contribution in [1.82, 2.24) is 9.47 Å². The molecule has 4 heterocycles. The molecule has 3 saturated heterocycles. The molecule has 3 aliphatic rings. The summed E-state index contributed by atoms with van der Waals surface area (Å²) in [6, 6.07) is 10.00. The van der Waals surface area contributed by atoms with E-state index in [0.717, 1.165) is 49.7 Å². The molecule has 19 heavy (non-hydrogen) atoms. The van der Waals surface area contributed by atoms with Gasteiger partial charge in [0.05, 0.1) is 5.54 Å². The zero-order valence-electron chi connectivity index (χ0n) is 11.0. The van der Waals surface area contributed by atoms with Crippen molar-refractivity contribution in [3.8, 4) is 0 Å². The minimum Gasteiger partial charge on any atom is -0.309 e. The van der Waals surface area contributed by atoms with Gasteiger partial charge in [0.1, 0.15) is 0 Å². The van der Waals surface area contributed by atoms with Crippen LogP contribution in [0.4, 0.5) is 0 Å². The first-order valence-corrected chi connectivity index (χ1v) is 7.12. The minimum atomic E-state index is 0.0792. The van der Waals surface area contributed by atoms with E-state index in [1.54, 1.807) is 0 Å². The van der Waals surface area contributed by atoms with Gasteiger partial charge in [-0.05, 0) is 36.8 Å².